The lowest BCUT2D eigenvalue weighted by molar-refractivity contribution is -0.138. The Labute approximate surface area is 163 Å². The predicted octanol–water partition coefficient (Wildman–Crippen LogP) is 5.10. The first-order chi connectivity index (χ1) is 11.5. The van der Waals surface area contributed by atoms with Crippen LogP contribution in [0.1, 0.15) is 54.9 Å². The lowest BCUT2D eigenvalue weighted by Crippen LogP contribution is -2.48. The molecule has 0 unspecified atom stereocenters. The smallest absolute Gasteiger partial charge is 0.248 e. The molecule has 0 aliphatic rings. The summed E-state index contributed by atoms with van der Waals surface area (Å²) in [6.45, 7) is 24.8. The van der Waals surface area contributed by atoms with Gasteiger partial charge in [-0.1, -0.05) is 48.5 Å². The second-order valence-electron chi connectivity index (χ2n) is 10.3. The van der Waals surface area contributed by atoms with Crippen molar-refractivity contribution in [3.63, 3.8) is 0 Å². The van der Waals surface area contributed by atoms with Gasteiger partial charge in [-0.15, -0.1) is 0 Å². The number of hydrogen-bond acceptors (Lipinski definition) is 4. The molecule has 0 rings (SSSR count). The molecular formula is C19H43NO4Si2. The van der Waals surface area contributed by atoms with Gasteiger partial charge in [0.05, 0.1) is 19.1 Å². The van der Waals surface area contributed by atoms with Gasteiger partial charge >= 0.3 is 0 Å². The molecule has 0 bridgehead atoms. The van der Waals surface area contributed by atoms with E-state index >= 15 is 0 Å². The van der Waals surface area contributed by atoms with Gasteiger partial charge in [0.2, 0.25) is 5.91 Å². The molecule has 1 amide bonds. The first kappa shape index (κ1) is 25.8. The Morgan fingerprint density at radius 2 is 1.42 bits per heavy atom. The molecule has 1 N–H and O–H groups in total. The van der Waals surface area contributed by atoms with E-state index in [9.17, 15) is 4.79 Å². The van der Waals surface area contributed by atoms with Gasteiger partial charge in [-0.05, 0) is 42.7 Å². The van der Waals surface area contributed by atoms with Gasteiger partial charge < -0.3 is 8.85 Å². The van der Waals surface area contributed by atoms with Crippen LogP contribution < -0.4 is 5.48 Å². The molecular weight excluding hydrogens is 362 g/mol. The van der Waals surface area contributed by atoms with Crippen LogP contribution in [-0.4, -0.2) is 42.4 Å². The molecule has 0 aromatic rings. The van der Waals surface area contributed by atoms with E-state index in [4.69, 9.17) is 13.7 Å². The quantitative estimate of drug-likeness (QED) is 0.428. The van der Waals surface area contributed by atoms with E-state index < -0.39 is 16.6 Å². The summed E-state index contributed by atoms with van der Waals surface area (Å²) in [6, 6.07) is 0. The van der Waals surface area contributed by atoms with Gasteiger partial charge in [-0.3, -0.25) is 9.63 Å². The maximum atomic E-state index is 12.3. The number of hydrogen-bond donors (Lipinski definition) is 1. The van der Waals surface area contributed by atoms with Crippen LogP contribution >= 0.6 is 0 Å². The van der Waals surface area contributed by atoms with E-state index in [1.54, 1.807) is 0 Å². The minimum Gasteiger partial charge on any atom is -0.417 e. The van der Waals surface area contributed by atoms with E-state index in [2.05, 4.69) is 73.2 Å². The number of hydroxylamine groups is 1. The standard InChI is InChI=1S/C19H43NO4Si2/c1-15(17(21)20-22-8)16(24-26(11,12)19(5,6)7)13-14-23-25(9,10)18(2,3)4/h15-16H,13-14H2,1-12H3,(H,20,21)/t15-,16-/m0/s1. The van der Waals surface area contributed by atoms with Crippen molar-refractivity contribution < 1.29 is 18.5 Å². The van der Waals surface area contributed by atoms with Crippen molar-refractivity contribution in [2.75, 3.05) is 13.7 Å². The minimum absolute atomic E-state index is 0.0863. The van der Waals surface area contributed by atoms with Gasteiger partial charge in [0, 0.05) is 6.61 Å². The van der Waals surface area contributed by atoms with Crippen LogP contribution in [0.4, 0.5) is 0 Å². The Kier molecular flexibility index (Phi) is 9.24. The third-order valence-corrected chi connectivity index (χ3v) is 15.1. The SMILES string of the molecule is CONC(=O)[C@@H](C)[C@H](CCO[Si](C)(C)C(C)(C)C)O[Si](C)(C)C(C)(C)C. The summed E-state index contributed by atoms with van der Waals surface area (Å²) in [4.78, 5) is 17.1. The van der Waals surface area contributed by atoms with Crippen molar-refractivity contribution in [3.8, 4) is 0 Å². The number of rotatable bonds is 9. The van der Waals surface area contributed by atoms with Crippen LogP contribution in [0, 0.1) is 5.92 Å². The highest BCUT2D eigenvalue weighted by Crippen LogP contribution is 2.39. The first-order valence-corrected chi connectivity index (χ1v) is 15.4. The summed E-state index contributed by atoms with van der Waals surface area (Å²) in [7, 11) is -2.36. The molecule has 0 spiro atoms. The first-order valence-electron chi connectivity index (χ1n) is 9.61. The summed E-state index contributed by atoms with van der Waals surface area (Å²) < 4.78 is 12.9. The van der Waals surface area contributed by atoms with Gasteiger partial charge in [-0.2, -0.15) is 0 Å². The van der Waals surface area contributed by atoms with Crippen molar-refractivity contribution in [3.05, 3.63) is 0 Å². The number of carbonyl (C=O) groups excluding carboxylic acids is 1. The molecule has 5 nitrogen and oxygen atoms in total. The van der Waals surface area contributed by atoms with E-state index in [0.717, 1.165) is 0 Å². The van der Waals surface area contributed by atoms with E-state index in [1.807, 2.05) is 6.92 Å². The predicted molar refractivity (Wildman–Crippen MR) is 114 cm³/mol. The molecule has 0 aromatic carbocycles. The molecule has 0 saturated carbocycles. The average molecular weight is 406 g/mol. The van der Waals surface area contributed by atoms with Crippen LogP contribution in [-0.2, 0) is 18.5 Å². The number of carbonyl (C=O) groups is 1. The molecule has 0 fully saturated rings. The molecule has 0 saturated heterocycles. The fourth-order valence-corrected chi connectivity index (χ4v) is 4.47. The summed E-state index contributed by atoms with van der Waals surface area (Å²) in [5.41, 5.74) is 2.45. The summed E-state index contributed by atoms with van der Waals surface area (Å²) >= 11 is 0. The highest BCUT2D eigenvalue weighted by Gasteiger charge is 2.42. The van der Waals surface area contributed by atoms with E-state index in [0.29, 0.717) is 13.0 Å². The van der Waals surface area contributed by atoms with Gasteiger partial charge in [-0.25, -0.2) is 5.48 Å². The molecule has 26 heavy (non-hydrogen) atoms. The Morgan fingerprint density at radius 3 is 1.81 bits per heavy atom. The summed E-state index contributed by atoms with van der Waals surface area (Å²) in [6.07, 6.45) is 0.521. The van der Waals surface area contributed by atoms with Crippen molar-refractivity contribution in [1.29, 1.82) is 0 Å². The Bertz CT molecular complexity index is 453. The fourth-order valence-electron chi connectivity index (χ4n) is 1.98. The molecule has 0 aliphatic carbocycles. The van der Waals surface area contributed by atoms with E-state index in [-0.39, 0.29) is 28.0 Å². The topological polar surface area (TPSA) is 56.8 Å². The normalized spacial score (nSPS) is 16.3. The van der Waals surface area contributed by atoms with Crippen molar-refractivity contribution >= 4 is 22.5 Å². The average Bonchev–Trinajstić information content (AvgIpc) is 2.42. The third-order valence-electron chi connectivity index (χ3n) is 6.10. The molecule has 0 aromatic heterocycles. The zero-order chi connectivity index (χ0) is 21.0. The van der Waals surface area contributed by atoms with Gasteiger partial charge in [0.1, 0.15) is 0 Å². The lowest BCUT2D eigenvalue weighted by atomic mass is 10.0. The van der Waals surface area contributed by atoms with Crippen LogP contribution in [0.15, 0.2) is 0 Å². The molecule has 7 heteroatoms. The second kappa shape index (κ2) is 9.32. The Hall–Kier alpha value is -0.216. The monoisotopic (exact) mass is 405 g/mol. The second-order valence-corrected chi connectivity index (χ2v) is 19.8. The maximum Gasteiger partial charge on any atom is 0.248 e. The van der Waals surface area contributed by atoms with Crippen molar-refractivity contribution in [2.24, 2.45) is 5.92 Å². The zero-order valence-electron chi connectivity index (χ0n) is 19.2. The highest BCUT2D eigenvalue weighted by molar-refractivity contribution is 6.74. The third kappa shape index (κ3) is 7.42. The van der Waals surface area contributed by atoms with Crippen molar-refractivity contribution in [1.82, 2.24) is 5.48 Å². The lowest BCUT2D eigenvalue weighted by Gasteiger charge is -2.41. The highest BCUT2D eigenvalue weighted by atomic mass is 28.4. The maximum absolute atomic E-state index is 12.3. The molecule has 0 aliphatic heterocycles. The summed E-state index contributed by atoms with van der Waals surface area (Å²) in [5, 5.41) is 0.255. The van der Waals surface area contributed by atoms with Crippen LogP contribution in [0.2, 0.25) is 36.3 Å². The van der Waals surface area contributed by atoms with Gasteiger partial charge in [0.15, 0.2) is 16.6 Å². The van der Waals surface area contributed by atoms with Crippen LogP contribution in [0.25, 0.3) is 0 Å². The van der Waals surface area contributed by atoms with Crippen molar-refractivity contribution in [2.45, 2.75) is 97.3 Å². The zero-order valence-corrected chi connectivity index (χ0v) is 21.2. The Balaban J connectivity index is 5.20. The van der Waals surface area contributed by atoms with Crippen LogP contribution in [0.5, 0.6) is 0 Å². The minimum atomic E-state index is -2.00. The molecule has 156 valence electrons. The molecule has 0 heterocycles. The van der Waals surface area contributed by atoms with Crippen LogP contribution in [0.3, 0.4) is 0 Å². The molecule has 2 atom stereocenters. The summed E-state index contributed by atoms with van der Waals surface area (Å²) in [5.74, 6) is -0.448. The number of amides is 1. The number of nitrogens with one attached hydrogen (secondary N) is 1. The van der Waals surface area contributed by atoms with E-state index in [1.165, 1.54) is 7.11 Å². The Morgan fingerprint density at radius 1 is 0.962 bits per heavy atom. The van der Waals surface area contributed by atoms with Gasteiger partial charge in [0.25, 0.3) is 0 Å². The largest absolute Gasteiger partial charge is 0.417 e. The fraction of sp³-hybridized carbons (Fsp3) is 0.947. The molecule has 0 radical (unpaired) electrons.